The fourth-order valence-corrected chi connectivity index (χ4v) is 0.440. The molecule has 4 heteroatoms. The lowest BCUT2D eigenvalue weighted by Gasteiger charge is -2.07. The maximum atomic E-state index is 9.43. The number of hydrogen-bond donors (Lipinski definition) is 0. The highest BCUT2D eigenvalue weighted by Crippen LogP contribution is 1.97. The number of hydrogen-bond acceptors (Lipinski definition) is 3. The summed E-state index contributed by atoms with van der Waals surface area (Å²) in [5.74, 6) is 0. The van der Waals surface area contributed by atoms with Crippen molar-refractivity contribution in [3.05, 3.63) is 0 Å². The van der Waals surface area contributed by atoms with Crippen molar-refractivity contribution in [1.29, 1.82) is 0 Å². The third-order valence-corrected chi connectivity index (χ3v) is 0.999. The fourth-order valence-electron chi connectivity index (χ4n) is 0.440. The molecule has 0 aromatic rings. The zero-order chi connectivity index (χ0) is 8.53. The van der Waals surface area contributed by atoms with E-state index in [0.717, 1.165) is 32.5 Å². The minimum Gasteiger partial charge on any atom is -0.351 e. The van der Waals surface area contributed by atoms with Crippen molar-refractivity contribution in [2.45, 2.75) is 12.8 Å². The SMILES string of the molecule is C1CCOOC1.CN(C)C=O. The summed E-state index contributed by atoms with van der Waals surface area (Å²) in [6.07, 6.45) is 3.06. The summed E-state index contributed by atoms with van der Waals surface area (Å²) < 4.78 is 0. The second-order valence-corrected chi connectivity index (χ2v) is 2.42. The van der Waals surface area contributed by atoms with Crippen LogP contribution in [0, 0.1) is 0 Å². The molecule has 11 heavy (non-hydrogen) atoms. The Morgan fingerprint density at radius 2 is 1.55 bits per heavy atom. The van der Waals surface area contributed by atoms with Gasteiger partial charge in [-0.3, -0.25) is 4.79 Å². The van der Waals surface area contributed by atoms with Crippen molar-refractivity contribution in [2.75, 3.05) is 27.3 Å². The second-order valence-electron chi connectivity index (χ2n) is 2.42. The quantitative estimate of drug-likeness (QED) is 0.413. The van der Waals surface area contributed by atoms with Gasteiger partial charge in [0, 0.05) is 14.1 Å². The zero-order valence-electron chi connectivity index (χ0n) is 7.08. The Morgan fingerprint density at radius 1 is 1.18 bits per heavy atom. The molecule has 0 aliphatic carbocycles. The molecular formula is C7H15NO3. The molecule has 1 fully saturated rings. The van der Waals surface area contributed by atoms with Gasteiger partial charge in [0.25, 0.3) is 0 Å². The van der Waals surface area contributed by atoms with Crippen molar-refractivity contribution in [1.82, 2.24) is 4.90 Å². The molecule has 1 heterocycles. The Hall–Kier alpha value is -0.610. The van der Waals surface area contributed by atoms with Gasteiger partial charge in [0.1, 0.15) is 0 Å². The van der Waals surface area contributed by atoms with Crippen LogP contribution in [0.1, 0.15) is 12.8 Å². The van der Waals surface area contributed by atoms with Crippen LogP contribution in [-0.2, 0) is 14.6 Å². The maximum Gasteiger partial charge on any atom is 0.209 e. The average molecular weight is 161 g/mol. The van der Waals surface area contributed by atoms with E-state index in [-0.39, 0.29) is 0 Å². The van der Waals surface area contributed by atoms with Gasteiger partial charge in [0.2, 0.25) is 6.41 Å². The smallest absolute Gasteiger partial charge is 0.209 e. The van der Waals surface area contributed by atoms with E-state index in [2.05, 4.69) is 9.78 Å². The second kappa shape index (κ2) is 7.50. The van der Waals surface area contributed by atoms with Gasteiger partial charge in [0.05, 0.1) is 13.2 Å². The van der Waals surface area contributed by atoms with Crippen LogP contribution in [0.15, 0.2) is 0 Å². The molecular weight excluding hydrogens is 146 g/mol. The van der Waals surface area contributed by atoms with Gasteiger partial charge in [0.15, 0.2) is 0 Å². The van der Waals surface area contributed by atoms with Gasteiger partial charge in [-0.2, -0.15) is 0 Å². The van der Waals surface area contributed by atoms with E-state index in [1.165, 1.54) is 4.90 Å². The normalized spacial score (nSPS) is 16.2. The minimum atomic E-state index is 0.750. The van der Waals surface area contributed by atoms with Crippen molar-refractivity contribution < 1.29 is 14.6 Å². The van der Waals surface area contributed by atoms with Crippen LogP contribution in [0.2, 0.25) is 0 Å². The highest BCUT2D eigenvalue weighted by atomic mass is 17.2. The van der Waals surface area contributed by atoms with Crippen LogP contribution in [0.4, 0.5) is 0 Å². The van der Waals surface area contributed by atoms with Crippen LogP contribution >= 0.6 is 0 Å². The number of nitrogens with zero attached hydrogens (tertiary/aromatic N) is 1. The van der Waals surface area contributed by atoms with Crippen molar-refractivity contribution in [3.63, 3.8) is 0 Å². The summed E-state index contributed by atoms with van der Waals surface area (Å²) in [6, 6.07) is 0. The lowest BCUT2D eigenvalue weighted by molar-refractivity contribution is -0.312. The number of rotatable bonds is 1. The lowest BCUT2D eigenvalue weighted by atomic mass is 10.3. The molecule has 0 saturated carbocycles. The van der Waals surface area contributed by atoms with E-state index in [0.29, 0.717) is 0 Å². The molecule has 1 saturated heterocycles. The Morgan fingerprint density at radius 3 is 1.64 bits per heavy atom. The summed E-state index contributed by atoms with van der Waals surface area (Å²) >= 11 is 0. The Bertz CT molecular complexity index is 80.2. The molecule has 0 N–H and O–H groups in total. The standard InChI is InChI=1S/C4H8O2.C3H7NO/c1-2-4-6-5-3-1;1-4(2)3-5/h1-4H2;3H,1-2H3. The first-order valence-electron chi connectivity index (χ1n) is 3.63. The minimum absolute atomic E-state index is 0.750. The van der Waals surface area contributed by atoms with Gasteiger partial charge in [-0.1, -0.05) is 0 Å². The van der Waals surface area contributed by atoms with E-state index in [9.17, 15) is 4.79 Å². The molecule has 0 aromatic heterocycles. The van der Waals surface area contributed by atoms with Gasteiger partial charge >= 0.3 is 0 Å². The number of carbonyl (C=O) groups excluding carboxylic acids is 1. The summed E-state index contributed by atoms with van der Waals surface area (Å²) in [5.41, 5.74) is 0. The van der Waals surface area contributed by atoms with Gasteiger partial charge in [-0.15, -0.1) is 0 Å². The molecule has 0 atom stereocenters. The molecule has 0 spiro atoms. The number of carbonyl (C=O) groups is 1. The van der Waals surface area contributed by atoms with Gasteiger partial charge < -0.3 is 4.90 Å². The zero-order valence-corrected chi connectivity index (χ0v) is 7.08. The van der Waals surface area contributed by atoms with Gasteiger partial charge in [-0.25, -0.2) is 9.78 Å². The highest BCUT2D eigenvalue weighted by molar-refractivity contribution is 5.45. The molecule has 0 radical (unpaired) electrons. The van der Waals surface area contributed by atoms with Crippen molar-refractivity contribution in [3.8, 4) is 0 Å². The van der Waals surface area contributed by atoms with Crippen LogP contribution in [-0.4, -0.2) is 38.6 Å². The van der Waals surface area contributed by atoms with Crippen LogP contribution in [0.3, 0.4) is 0 Å². The molecule has 1 aliphatic rings. The van der Waals surface area contributed by atoms with Crippen molar-refractivity contribution in [2.24, 2.45) is 0 Å². The van der Waals surface area contributed by atoms with E-state index in [4.69, 9.17) is 0 Å². The topological polar surface area (TPSA) is 38.8 Å². The summed E-state index contributed by atoms with van der Waals surface area (Å²) in [4.78, 5) is 20.0. The van der Waals surface area contributed by atoms with E-state index in [1.54, 1.807) is 14.1 Å². The first-order valence-corrected chi connectivity index (χ1v) is 3.63. The molecule has 1 rings (SSSR count). The maximum absolute atomic E-state index is 9.43. The molecule has 0 aromatic carbocycles. The Balaban J connectivity index is 0.000000187. The van der Waals surface area contributed by atoms with Crippen LogP contribution in [0.5, 0.6) is 0 Å². The van der Waals surface area contributed by atoms with E-state index >= 15 is 0 Å². The first kappa shape index (κ1) is 10.4. The van der Waals surface area contributed by atoms with E-state index in [1.807, 2.05) is 0 Å². The average Bonchev–Trinajstić information content (AvgIpc) is 2.09. The molecule has 0 unspecified atom stereocenters. The monoisotopic (exact) mass is 161 g/mol. The third-order valence-electron chi connectivity index (χ3n) is 0.999. The fraction of sp³-hybridized carbons (Fsp3) is 0.857. The lowest BCUT2D eigenvalue weighted by Crippen LogP contribution is -2.06. The van der Waals surface area contributed by atoms with Gasteiger partial charge in [-0.05, 0) is 12.8 Å². The largest absolute Gasteiger partial charge is 0.351 e. The predicted molar refractivity (Wildman–Crippen MR) is 40.9 cm³/mol. The molecule has 1 aliphatic heterocycles. The molecule has 66 valence electrons. The molecule has 4 nitrogen and oxygen atoms in total. The molecule has 1 amide bonds. The number of amides is 1. The Kier molecular flexibility index (Phi) is 7.08. The van der Waals surface area contributed by atoms with Crippen molar-refractivity contribution >= 4 is 6.41 Å². The molecule has 0 bridgehead atoms. The van der Waals surface area contributed by atoms with Crippen LogP contribution < -0.4 is 0 Å². The third kappa shape index (κ3) is 9.39. The summed E-state index contributed by atoms with van der Waals surface area (Å²) in [6.45, 7) is 1.56. The Labute approximate surface area is 67.0 Å². The van der Waals surface area contributed by atoms with Crippen LogP contribution in [0.25, 0.3) is 0 Å². The predicted octanol–water partition coefficient (Wildman–Crippen LogP) is 0.433. The summed E-state index contributed by atoms with van der Waals surface area (Å²) in [5, 5.41) is 0. The highest BCUT2D eigenvalue weighted by Gasteiger charge is 1.95. The van der Waals surface area contributed by atoms with E-state index < -0.39 is 0 Å². The summed E-state index contributed by atoms with van der Waals surface area (Å²) in [7, 11) is 3.38. The first-order chi connectivity index (χ1) is 5.27.